The molecule has 2 aromatic carbocycles. The van der Waals surface area contributed by atoms with Crippen molar-refractivity contribution in [3.8, 4) is 5.75 Å². The number of fused-ring (bicyclic) bond motifs is 3. The molecule has 3 aliphatic rings. The van der Waals surface area contributed by atoms with Gasteiger partial charge < -0.3 is 24.4 Å². The maximum Gasteiger partial charge on any atom is 0.301 e. The van der Waals surface area contributed by atoms with Crippen molar-refractivity contribution in [3.05, 3.63) is 70.3 Å². The molecular formula is C34H45ClN4O7S. The molecule has 13 heteroatoms. The summed E-state index contributed by atoms with van der Waals surface area (Å²) < 4.78 is 41.1. The average Bonchev–Trinajstić information content (AvgIpc) is 3.06. The number of ether oxygens (including phenoxy) is 2. The summed E-state index contributed by atoms with van der Waals surface area (Å²) in [5.74, 6) is -0.582. The summed E-state index contributed by atoms with van der Waals surface area (Å²) in [6.07, 6.45) is 8.55. The summed E-state index contributed by atoms with van der Waals surface area (Å²) in [7, 11) is 0.184. The van der Waals surface area contributed by atoms with Gasteiger partial charge in [-0.1, -0.05) is 35.9 Å². The SMILES string of the molecule is CNS(=O)(=O)NC(=O)[C@@]1(O)CC(=O)N(C)CC/C=C/[C@H](OC)[C@@H]2CC[C@H]2CN2CCCCc3cc(Cl)ccc3COc3ccc1cc32. The zero-order valence-electron chi connectivity index (χ0n) is 27.2. The number of benzene rings is 2. The minimum atomic E-state index is -4.28. The van der Waals surface area contributed by atoms with Gasteiger partial charge in [-0.3, -0.25) is 9.59 Å². The van der Waals surface area contributed by atoms with Crippen LogP contribution < -0.4 is 19.1 Å². The number of anilines is 1. The molecule has 5 rings (SSSR count). The van der Waals surface area contributed by atoms with Crippen molar-refractivity contribution in [1.29, 1.82) is 0 Å². The van der Waals surface area contributed by atoms with Gasteiger partial charge in [0.2, 0.25) is 5.91 Å². The quantitative estimate of drug-likeness (QED) is 0.414. The Kier molecular flexibility index (Phi) is 11.2. The number of aryl methyl sites for hydroxylation is 1. The van der Waals surface area contributed by atoms with Gasteiger partial charge in [0.1, 0.15) is 12.4 Å². The van der Waals surface area contributed by atoms with Crippen LogP contribution in [0.2, 0.25) is 5.02 Å². The lowest BCUT2D eigenvalue weighted by atomic mass is 9.70. The number of halogens is 1. The number of aliphatic hydroxyl groups is 1. The Morgan fingerprint density at radius 2 is 1.94 bits per heavy atom. The van der Waals surface area contributed by atoms with Gasteiger partial charge in [0.25, 0.3) is 5.91 Å². The summed E-state index contributed by atoms with van der Waals surface area (Å²) >= 11 is 6.34. The Morgan fingerprint density at radius 1 is 1.13 bits per heavy atom. The standard InChI is InChI=1S/C34H45ClN4O7S/c1-36-47(43,44)37-33(41)34(42)20-32(40)38(2)16-6-5-9-30(45-3)28-14-11-24(28)21-39-17-7-4-8-23-18-27(35)13-10-25(23)22-46-31-15-12-26(34)19-29(31)39/h5,9-10,12-13,15,18-19,24,28,30,36,42H,4,6-8,11,14,16-17,20-22H2,1-3H3,(H,37,41)/b9-5+/t24-,28+,30-,34+/m0/s1. The number of hydrogen-bond acceptors (Lipinski definition) is 8. The molecule has 2 amide bonds. The second kappa shape index (κ2) is 14.9. The number of amides is 2. The van der Waals surface area contributed by atoms with Crippen LogP contribution in [-0.4, -0.2) is 77.2 Å². The summed E-state index contributed by atoms with van der Waals surface area (Å²) in [6, 6.07) is 10.7. The van der Waals surface area contributed by atoms with Crippen LogP contribution in [0.15, 0.2) is 48.6 Å². The van der Waals surface area contributed by atoms with E-state index >= 15 is 0 Å². The van der Waals surface area contributed by atoms with Crippen molar-refractivity contribution in [2.24, 2.45) is 11.8 Å². The van der Waals surface area contributed by atoms with Gasteiger partial charge >= 0.3 is 10.2 Å². The summed E-state index contributed by atoms with van der Waals surface area (Å²) in [6.45, 7) is 1.98. The van der Waals surface area contributed by atoms with Gasteiger partial charge in [-0.2, -0.15) is 8.42 Å². The Hall–Kier alpha value is -3.16. The highest BCUT2D eigenvalue weighted by molar-refractivity contribution is 7.88. The molecule has 2 aliphatic heterocycles. The minimum Gasteiger partial charge on any atom is -0.487 e. The van der Waals surface area contributed by atoms with E-state index in [1.807, 2.05) is 33.7 Å². The Morgan fingerprint density at radius 3 is 2.66 bits per heavy atom. The van der Waals surface area contributed by atoms with E-state index in [2.05, 4.69) is 11.0 Å². The van der Waals surface area contributed by atoms with Crippen molar-refractivity contribution < 1.29 is 32.6 Å². The monoisotopic (exact) mass is 688 g/mol. The maximum atomic E-state index is 13.6. The normalized spacial score (nSPS) is 26.5. The summed E-state index contributed by atoms with van der Waals surface area (Å²) in [5, 5.41) is 12.7. The molecule has 2 heterocycles. The predicted octanol–water partition coefficient (Wildman–Crippen LogP) is 3.68. The van der Waals surface area contributed by atoms with Gasteiger partial charge in [-0.15, -0.1) is 0 Å². The average molecular weight is 689 g/mol. The van der Waals surface area contributed by atoms with Crippen LogP contribution in [0.3, 0.4) is 0 Å². The van der Waals surface area contributed by atoms with E-state index in [-0.39, 0.29) is 18.3 Å². The van der Waals surface area contributed by atoms with Gasteiger partial charge in [-0.25, -0.2) is 9.44 Å². The number of rotatable bonds is 4. The highest BCUT2D eigenvalue weighted by atomic mass is 35.5. The van der Waals surface area contributed by atoms with E-state index in [1.54, 1.807) is 26.3 Å². The van der Waals surface area contributed by atoms with Crippen LogP contribution in [0.5, 0.6) is 5.75 Å². The Bertz CT molecular complexity index is 1600. The third-order valence-corrected chi connectivity index (χ3v) is 11.0. The first-order valence-electron chi connectivity index (χ1n) is 16.1. The van der Waals surface area contributed by atoms with Gasteiger partial charge in [-0.05, 0) is 91.3 Å². The smallest absolute Gasteiger partial charge is 0.301 e. The van der Waals surface area contributed by atoms with E-state index < -0.39 is 34.0 Å². The third kappa shape index (κ3) is 8.11. The first kappa shape index (κ1) is 35.2. The fraction of sp³-hybridized carbons (Fsp3) is 0.529. The van der Waals surface area contributed by atoms with Crippen LogP contribution in [0.4, 0.5) is 5.69 Å². The molecule has 0 radical (unpaired) electrons. The zero-order chi connectivity index (χ0) is 33.8. The topological polar surface area (TPSA) is 138 Å². The Labute approximate surface area is 282 Å². The molecule has 0 saturated heterocycles. The molecule has 0 spiro atoms. The summed E-state index contributed by atoms with van der Waals surface area (Å²) in [5.41, 5.74) is 0.388. The highest BCUT2D eigenvalue weighted by Gasteiger charge is 2.44. The summed E-state index contributed by atoms with van der Waals surface area (Å²) in [4.78, 5) is 30.8. The molecule has 1 aliphatic carbocycles. The molecule has 256 valence electrons. The van der Waals surface area contributed by atoms with Crippen molar-refractivity contribution in [2.45, 2.75) is 63.3 Å². The minimum absolute atomic E-state index is 0.0594. The van der Waals surface area contributed by atoms with Crippen molar-refractivity contribution in [1.82, 2.24) is 14.3 Å². The van der Waals surface area contributed by atoms with Gasteiger partial charge in [0.05, 0.1) is 18.2 Å². The van der Waals surface area contributed by atoms with Crippen LogP contribution in [0, 0.1) is 11.8 Å². The number of carbonyl (C=O) groups is 2. The predicted molar refractivity (Wildman–Crippen MR) is 180 cm³/mol. The number of nitrogens with zero attached hydrogens (tertiary/aromatic N) is 2. The van der Waals surface area contributed by atoms with Crippen molar-refractivity contribution in [3.63, 3.8) is 0 Å². The van der Waals surface area contributed by atoms with Gasteiger partial charge in [0, 0.05) is 45.9 Å². The number of hydrogen-bond donors (Lipinski definition) is 3. The van der Waals surface area contributed by atoms with Crippen molar-refractivity contribution >= 4 is 39.3 Å². The van der Waals surface area contributed by atoms with Gasteiger partial charge in [0.15, 0.2) is 5.60 Å². The molecule has 47 heavy (non-hydrogen) atoms. The molecule has 2 bridgehead atoms. The Balaban J connectivity index is 1.62. The lowest BCUT2D eigenvalue weighted by Crippen LogP contribution is -2.51. The lowest BCUT2D eigenvalue weighted by molar-refractivity contribution is -0.148. The fourth-order valence-corrected chi connectivity index (χ4v) is 7.39. The molecule has 0 aromatic heterocycles. The van der Waals surface area contributed by atoms with Crippen LogP contribution in [0.25, 0.3) is 0 Å². The van der Waals surface area contributed by atoms with Crippen LogP contribution in [0.1, 0.15) is 55.2 Å². The molecule has 2 aromatic rings. The lowest BCUT2D eigenvalue weighted by Gasteiger charge is -2.43. The molecular weight excluding hydrogens is 644 g/mol. The molecule has 1 fully saturated rings. The first-order chi connectivity index (χ1) is 22.4. The largest absolute Gasteiger partial charge is 0.487 e. The molecule has 11 nitrogen and oxygen atoms in total. The van der Waals surface area contributed by atoms with Crippen LogP contribution >= 0.6 is 11.6 Å². The highest BCUT2D eigenvalue weighted by Crippen LogP contribution is 2.42. The number of nitrogens with one attached hydrogen (secondary N) is 2. The second-order valence-electron chi connectivity index (χ2n) is 12.7. The van der Waals surface area contributed by atoms with Crippen molar-refractivity contribution in [2.75, 3.05) is 45.7 Å². The second-order valence-corrected chi connectivity index (χ2v) is 14.8. The third-order valence-electron chi connectivity index (χ3n) is 9.74. The van der Waals surface area contributed by atoms with E-state index in [1.165, 1.54) is 11.0 Å². The zero-order valence-corrected chi connectivity index (χ0v) is 28.8. The van der Waals surface area contributed by atoms with E-state index in [9.17, 15) is 23.1 Å². The fourth-order valence-electron chi connectivity index (χ4n) is 6.68. The van der Waals surface area contributed by atoms with Crippen LogP contribution in [-0.2, 0) is 43.2 Å². The van der Waals surface area contributed by atoms with E-state index in [0.717, 1.165) is 50.3 Å². The molecule has 0 unspecified atom stereocenters. The van der Waals surface area contributed by atoms with E-state index in [0.29, 0.717) is 54.4 Å². The maximum absolute atomic E-state index is 13.6. The number of carbonyl (C=O) groups excluding carboxylic acids is 2. The van der Waals surface area contributed by atoms with E-state index in [4.69, 9.17) is 21.1 Å². The molecule has 1 saturated carbocycles. The first-order valence-corrected chi connectivity index (χ1v) is 18.0. The number of methoxy groups -OCH3 is 1. The molecule has 3 N–H and O–H groups in total. The molecule has 4 atom stereocenters.